The van der Waals surface area contributed by atoms with Crippen molar-refractivity contribution in [1.29, 1.82) is 5.26 Å². The molecule has 8 heteroatoms. The maximum Gasteiger partial charge on any atom is 0.338 e. The van der Waals surface area contributed by atoms with E-state index < -0.39 is 18.0 Å². The number of aromatic nitrogens is 1. The summed E-state index contributed by atoms with van der Waals surface area (Å²) in [4.78, 5) is 29.4. The van der Waals surface area contributed by atoms with Gasteiger partial charge in [-0.3, -0.25) is 4.79 Å². The minimum absolute atomic E-state index is 0.370. The predicted molar refractivity (Wildman–Crippen MR) is 130 cm³/mol. The van der Waals surface area contributed by atoms with Gasteiger partial charge in [0.1, 0.15) is 0 Å². The first-order valence-electron chi connectivity index (χ1n) is 10.1. The Hall–Kier alpha value is -3.67. The van der Waals surface area contributed by atoms with Crippen molar-refractivity contribution in [3.05, 3.63) is 89.5 Å². The molecule has 1 N–H and O–H groups in total. The number of hydrogen-bond donors (Lipinski definition) is 1. The number of thioether (sulfide) groups is 1. The fourth-order valence-corrected chi connectivity index (χ4v) is 5.01. The van der Waals surface area contributed by atoms with Crippen LogP contribution in [0.5, 0.6) is 0 Å². The number of esters is 1. The molecular weight excluding hydrogens is 454 g/mol. The van der Waals surface area contributed by atoms with Crippen LogP contribution in [0.3, 0.4) is 0 Å². The number of carbonyl (C=O) groups is 2. The highest BCUT2D eigenvalue weighted by atomic mass is 32.2. The number of benzene rings is 3. The second kappa shape index (κ2) is 10.3. The first kappa shape index (κ1) is 22.5. The second-order valence-electron chi connectivity index (χ2n) is 7.16. The number of hydrogen-bond acceptors (Lipinski definition) is 7. The monoisotopic (exact) mass is 473 g/mol. The minimum atomic E-state index is -0.988. The molecule has 1 atom stereocenters. The summed E-state index contributed by atoms with van der Waals surface area (Å²) in [5.74, 6) is -0.313. The first-order chi connectivity index (χ1) is 16.0. The van der Waals surface area contributed by atoms with Gasteiger partial charge in [0.15, 0.2) is 10.4 Å². The summed E-state index contributed by atoms with van der Waals surface area (Å²) in [7, 11) is 0. The zero-order valence-electron chi connectivity index (χ0n) is 17.6. The van der Waals surface area contributed by atoms with Crippen molar-refractivity contribution >= 4 is 50.9 Å². The van der Waals surface area contributed by atoms with Crippen molar-refractivity contribution in [2.75, 3.05) is 5.32 Å². The van der Waals surface area contributed by atoms with Crippen molar-refractivity contribution in [2.45, 2.75) is 23.1 Å². The molecule has 0 spiro atoms. The molecule has 33 heavy (non-hydrogen) atoms. The molecule has 1 heterocycles. The van der Waals surface area contributed by atoms with E-state index in [0.717, 1.165) is 25.9 Å². The van der Waals surface area contributed by atoms with E-state index in [-0.39, 0.29) is 0 Å². The van der Waals surface area contributed by atoms with Crippen molar-refractivity contribution in [1.82, 2.24) is 4.98 Å². The fourth-order valence-electron chi connectivity index (χ4n) is 2.99. The maximum atomic E-state index is 12.4. The molecule has 1 aromatic heterocycles. The Morgan fingerprint density at radius 2 is 1.91 bits per heavy atom. The molecule has 164 valence electrons. The van der Waals surface area contributed by atoms with Crippen LogP contribution in [0.4, 0.5) is 5.69 Å². The van der Waals surface area contributed by atoms with E-state index in [9.17, 15) is 9.59 Å². The van der Waals surface area contributed by atoms with E-state index in [1.54, 1.807) is 59.5 Å². The van der Waals surface area contributed by atoms with Gasteiger partial charge in [-0.2, -0.15) is 5.26 Å². The molecule has 0 aliphatic carbocycles. The number of ether oxygens (including phenoxy) is 1. The molecule has 1 amide bonds. The van der Waals surface area contributed by atoms with Crippen LogP contribution in [0, 0.1) is 11.3 Å². The van der Waals surface area contributed by atoms with Crippen LogP contribution in [-0.4, -0.2) is 23.0 Å². The molecule has 0 aliphatic rings. The van der Waals surface area contributed by atoms with Crippen LogP contribution >= 0.6 is 23.1 Å². The third kappa shape index (κ3) is 5.77. The number of fused-ring (bicyclic) bond motifs is 1. The number of nitriles is 1. The molecule has 6 nitrogen and oxygen atoms in total. The normalized spacial score (nSPS) is 11.5. The lowest BCUT2D eigenvalue weighted by molar-refractivity contribution is -0.123. The number of para-hydroxylation sites is 1. The molecular formula is C25H19N3O3S2. The minimum Gasteiger partial charge on any atom is -0.449 e. The van der Waals surface area contributed by atoms with Gasteiger partial charge in [-0.05, 0) is 55.0 Å². The summed E-state index contributed by atoms with van der Waals surface area (Å²) in [6.07, 6.45) is -0.988. The van der Waals surface area contributed by atoms with Crippen LogP contribution < -0.4 is 5.32 Å². The van der Waals surface area contributed by atoms with Crippen LogP contribution in [0.1, 0.15) is 28.4 Å². The third-order valence-corrected chi connectivity index (χ3v) is 6.99. The van der Waals surface area contributed by atoms with Gasteiger partial charge >= 0.3 is 5.97 Å². The SMILES string of the molecule is CC(OC(=O)c1ccc(CSc2nc3ccccc3s2)cc1)C(=O)Nc1cccc(C#N)c1. The molecule has 0 aliphatic heterocycles. The zero-order valence-corrected chi connectivity index (χ0v) is 19.3. The quantitative estimate of drug-likeness (QED) is 0.276. The molecule has 4 aromatic rings. The Morgan fingerprint density at radius 3 is 2.67 bits per heavy atom. The average Bonchev–Trinajstić information content (AvgIpc) is 3.26. The Morgan fingerprint density at radius 1 is 1.12 bits per heavy atom. The number of amides is 1. The summed E-state index contributed by atoms with van der Waals surface area (Å²) in [5, 5.41) is 11.6. The van der Waals surface area contributed by atoms with Gasteiger partial charge in [-0.1, -0.05) is 42.1 Å². The Bertz CT molecular complexity index is 1310. The van der Waals surface area contributed by atoms with E-state index in [1.165, 1.54) is 6.92 Å². The topological polar surface area (TPSA) is 92.1 Å². The lowest BCUT2D eigenvalue weighted by atomic mass is 10.1. The van der Waals surface area contributed by atoms with Crippen molar-refractivity contribution in [2.24, 2.45) is 0 Å². The van der Waals surface area contributed by atoms with Gasteiger partial charge in [0, 0.05) is 11.4 Å². The standard InChI is InChI=1S/C25H19N3O3S2/c1-16(23(29)27-20-6-4-5-18(13-20)14-26)31-24(30)19-11-9-17(10-12-19)15-32-25-28-21-7-2-3-8-22(21)33-25/h2-13,16H,15H2,1H3,(H,27,29). The van der Waals surface area contributed by atoms with Gasteiger partial charge in [0.05, 0.1) is 27.4 Å². The van der Waals surface area contributed by atoms with E-state index in [0.29, 0.717) is 16.8 Å². The molecule has 4 rings (SSSR count). The zero-order chi connectivity index (χ0) is 23.2. The lowest BCUT2D eigenvalue weighted by Crippen LogP contribution is -2.30. The first-order valence-corrected chi connectivity index (χ1v) is 11.9. The van der Waals surface area contributed by atoms with E-state index in [1.807, 2.05) is 36.4 Å². The fraction of sp³-hybridized carbons (Fsp3) is 0.120. The van der Waals surface area contributed by atoms with Crippen LogP contribution in [0.15, 0.2) is 77.1 Å². The second-order valence-corrected chi connectivity index (χ2v) is 9.42. The lowest BCUT2D eigenvalue weighted by Gasteiger charge is -2.14. The summed E-state index contributed by atoms with van der Waals surface area (Å²) in [6.45, 7) is 1.50. The number of nitrogens with zero attached hydrogens (tertiary/aromatic N) is 2. The van der Waals surface area contributed by atoms with Crippen molar-refractivity contribution in [3.63, 3.8) is 0 Å². The van der Waals surface area contributed by atoms with Gasteiger partial charge in [-0.15, -0.1) is 11.3 Å². The average molecular weight is 474 g/mol. The highest BCUT2D eigenvalue weighted by molar-refractivity contribution is 8.00. The third-order valence-electron chi connectivity index (χ3n) is 4.74. The predicted octanol–water partition coefficient (Wildman–Crippen LogP) is 5.64. The molecule has 0 bridgehead atoms. The summed E-state index contributed by atoms with van der Waals surface area (Å²) < 4.78 is 7.46. The number of anilines is 1. The molecule has 1 unspecified atom stereocenters. The number of nitrogens with one attached hydrogen (secondary N) is 1. The summed E-state index contributed by atoms with van der Waals surface area (Å²) in [6, 6.07) is 23.7. The largest absolute Gasteiger partial charge is 0.449 e. The number of rotatable bonds is 7. The molecule has 0 radical (unpaired) electrons. The summed E-state index contributed by atoms with van der Waals surface area (Å²) in [5.41, 5.74) is 3.32. The van der Waals surface area contributed by atoms with Gasteiger partial charge in [-0.25, -0.2) is 9.78 Å². The van der Waals surface area contributed by atoms with Crippen LogP contribution in [0.25, 0.3) is 10.2 Å². The van der Waals surface area contributed by atoms with E-state index in [2.05, 4.69) is 16.4 Å². The molecule has 0 fully saturated rings. The summed E-state index contributed by atoms with van der Waals surface area (Å²) >= 11 is 3.31. The molecule has 3 aromatic carbocycles. The molecule has 0 saturated heterocycles. The maximum absolute atomic E-state index is 12.4. The van der Waals surface area contributed by atoms with Crippen LogP contribution in [-0.2, 0) is 15.3 Å². The van der Waals surface area contributed by atoms with Crippen LogP contribution in [0.2, 0.25) is 0 Å². The Kier molecular flexibility index (Phi) is 7.03. The van der Waals surface area contributed by atoms with Gasteiger partial charge in [0.2, 0.25) is 0 Å². The Balaban J connectivity index is 1.30. The van der Waals surface area contributed by atoms with Gasteiger partial charge in [0.25, 0.3) is 5.91 Å². The van der Waals surface area contributed by atoms with Gasteiger partial charge < -0.3 is 10.1 Å². The number of thiazole rings is 1. The smallest absolute Gasteiger partial charge is 0.338 e. The van der Waals surface area contributed by atoms with Crippen molar-refractivity contribution in [3.8, 4) is 6.07 Å². The van der Waals surface area contributed by atoms with E-state index in [4.69, 9.17) is 10.00 Å². The molecule has 0 saturated carbocycles. The highest BCUT2D eigenvalue weighted by Gasteiger charge is 2.19. The van der Waals surface area contributed by atoms with Crippen molar-refractivity contribution < 1.29 is 14.3 Å². The Labute approximate surface area is 199 Å². The number of carbonyl (C=O) groups excluding carboxylic acids is 2. The highest BCUT2D eigenvalue weighted by Crippen LogP contribution is 2.31. The van der Waals surface area contributed by atoms with E-state index >= 15 is 0 Å².